The van der Waals surface area contributed by atoms with Crippen molar-refractivity contribution in [1.82, 2.24) is 9.80 Å². The summed E-state index contributed by atoms with van der Waals surface area (Å²) in [6.45, 7) is 5.96. The Balaban J connectivity index is 1.73. The van der Waals surface area contributed by atoms with E-state index in [1.807, 2.05) is 6.07 Å². The minimum atomic E-state index is 0.0586. The number of rotatable bonds is 1. The van der Waals surface area contributed by atoms with Crippen molar-refractivity contribution in [3.8, 4) is 0 Å². The Kier molecular flexibility index (Phi) is 4.15. The van der Waals surface area contributed by atoms with Crippen LogP contribution in [0.4, 0.5) is 5.69 Å². The fourth-order valence-corrected chi connectivity index (χ4v) is 3.40. The van der Waals surface area contributed by atoms with Crippen LogP contribution in [-0.2, 0) is 11.2 Å². The fraction of sp³-hybridized carbons (Fsp3) is 0.588. The molecule has 1 fully saturated rings. The quantitative estimate of drug-likeness (QED) is 0.856. The number of hydrogen-bond acceptors (Lipinski definition) is 3. The molecule has 1 N–H and O–H groups in total. The standard InChI is InChI=1S/C17H25N3O/c1-13-15(12-14-6-3-4-7-16(14)18-13)17(21)20-9-5-8-19(2)10-11-20/h3-4,6-7,13,15,18H,5,8-12H2,1-2H3. The van der Waals surface area contributed by atoms with Gasteiger partial charge in [-0.1, -0.05) is 18.2 Å². The first-order valence-corrected chi connectivity index (χ1v) is 7.97. The second-order valence-electron chi connectivity index (χ2n) is 6.38. The molecular weight excluding hydrogens is 262 g/mol. The number of carbonyl (C=O) groups is 1. The molecule has 114 valence electrons. The van der Waals surface area contributed by atoms with E-state index < -0.39 is 0 Å². The van der Waals surface area contributed by atoms with Crippen molar-refractivity contribution in [2.75, 3.05) is 38.5 Å². The van der Waals surface area contributed by atoms with E-state index in [0.717, 1.165) is 39.0 Å². The molecule has 1 amide bonds. The summed E-state index contributed by atoms with van der Waals surface area (Å²) < 4.78 is 0. The van der Waals surface area contributed by atoms with Gasteiger partial charge in [-0.25, -0.2) is 0 Å². The topological polar surface area (TPSA) is 35.6 Å². The molecule has 1 aromatic carbocycles. The molecule has 2 aliphatic rings. The summed E-state index contributed by atoms with van der Waals surface area (Å²) >= 11 is 0. The molecule has 4 heteroatoms. The largest absolute Gasteiger partial charge is 0.382 e. The lowest BCUT2D eigenvalue weighted by Crippen LogP contribution is -2.46. The number of amides is 1. The average Bonchev–Trinajstić information content (AvgIpc) is 2.70. The SMILES string of the molecule is CC1Nc2ccccc2CC1C(=O)N1CCCN(C)CC1. The number of para-hydroxylation sites is 1. The van der Waals surface area contributed by atoms with Crippen molar-refractivity contribution in [2.24, 2.45) is 5.92 Å². The van der Waals surface area contributed by atoms with Gasteiger partial charge in [0.15, 0.2) is 0 Å². The summed E-state index contributed by atoms with van der Waals surface area (Å²) in [4.78, 5) is 17.3. The summed E-state index contributed by atoms with van der Waals surface area (Å²) in [7, 11) is 2.13. The molecule has 2 atom stereocenters. The van der Waals surface area contributed by atoms with Crippen LogP contribution in [0.1, 0.15) is 18.9 Å². The van der Waals surface area contributed by atoms with Crippen LogP contribution in [0.15, 0.2) is 24.3 Å². The molecule has 0 aromatic heterocycles. The van der Waals surface area contributed by atoms with Crippen molar-refractivity contribution < 1.29 is 4.79 Å². The Bertz CT molecular complexity index is 517. The van der Waals surface area contributed by atoms with Crippen LogP contribution in [0.5, 0.6) is 0 Å². The van der Waals surface area contributed by atoms with E-state index in [4.69, 9.17) is 0 Å². The monoisotopic (exact) mass is 287 g/mol. The van der Waals surface area contributed by atoms with Gasteiger partial charge in [0.25, 0.3) is 0 Å². The number of nitrogens with one attached hydrogen (secondary N) is 1. The Morgan fingerprint density at radius 3 is 2.86 bits per heavy atom. The highest BCUT2D eigenvalue weighted by molar-refractivity contribution is 5.81. The van der Waals surface area contributed by atoms with Crippen LogP contribution < -0.4 is 5.32 Å². The zero-order chi connectivity index (χ0) is 14.8. The molecule has 3 rings (SSSR count). The third-order valence-corrected chi connectivity index (χ3v) is 4.79. The van der Waals surface area contributed by atoms with Crippen LogP contribution in [-0.4, -0.2) is 55.0 Å². The van der Waals surface area contributed by atoms with Crippen molar-refractivity contribution in [2.45, 2.75) is 25.8 Å². The molecule has 1 saturated heterocycles. The predicted octanol–water partition coefficient (Wildman–Crippen LogP) is 1.82. The summed E-state index contributed by atoms with van der Waals surface area (Å²) in [5, 5.41) is 3.50. The van der Waals surface area contributed by atoms with Gasteiger partial charge in [-0.3, -0.25) is 4.79 Å². The van der Waals surface area contributed by atoms with Gasteiger partial charge in [-0.15, -0.1) is 0 Å². The molecule has 2 heterocycles. The van der Waals surface area contributed by atoms with Crippen LogP contribution in [0.25, 0.3) is 0 Å². The van der Waals surface area contributed by atoms with E-state index in [1.165, 1.54) is 11.3 Å². The van der Waals surface area contributed by atoms with Crippen LogP contribution in [0.3, 0.4) is 0 Å². The van der Waals surface area contributed by atoms with E-state index in [-0.39, 0.29) is 12.0 Å². The van der Waals surface area contributed by atoms with Crippen LogP contribution in [0, 0.1) is 5.92 Å². The van der Waals surface area contributed by atoms with Gasteiger partial charge < -0.3 is 15.1 Å². The number of fused-ring (bicyclic) bond motifs is 1. The van der Waals surface area contributed by atoms with Gasteiger partial charge in [0.1, 0.15) is 0 Å². The molecule has 0 spiro atoms. The van der Waals surface area contributed by atoms with Gasteiger partial charge in [-0.05, 0) is 45.0 Å². The molecule has 0 aliphatic carbocycles. The predicted molar refractivity (Wildman–Crippen MR) is 85.4 cm³/mol. The molecule has 0 bridgehead atoms. The Morgan fingerprint density at radius 2 is 2.00 bits per heavy atom. The normalized spacial score (nSPS) is 26.7. The van der Waals surface area contributed by atoms with Crippen LogP contribution in [0.2, 0.25) is 0 Å². The second-order valence-corrected chi connectivity index (χ2v) is 6.38. The summed E-state index contributed by atoms with van der Waals surface area (Å²) in [5.41, 5.74) is 2.45. The number of hydrogen-bond donors (Lipinski definition) is 1. The van der Waals surface area contributed by atoms with Gasteiger partial charge in [-0.2, -0.15) is 0 Å². The molecular formula is C17H25N3O. The maximum absolute atomic E-state index is 12.9. The van der Waals surface area contributed by atoms with Crippen LogP contribution >= 0.6 is 0 Å². The first-order chi connectivity index (χ1) is 10.1. The highest BCUT2D eigenvalue weighted by atomic mass is 16.2. The summed E-state index contributed by atoms with van der Waals surface area (Å²) in [5.74, 6) is 0.378. The zero-order valence-electron chi connectivity index (χ0n) is 13.0. The maximum atomic E-state index is 12.9. The average molecular weight is 287 g/mol. The zero-order valence-corrected chi connectivity index (χ0v) is 13.0. The molecule has 4 nitrogen and oxygen atoms in total. The third kappa shape index (κ3) is 3.05. The Hall–Kier alpha value is -1.55. The van der Waals surface area contributed by atoms with Crippen molar-refractivity contribution in [3.63, 3.8) is 0 Å². The lowest BCUT2D eigenvalue weighted by atomic mass is 9.87. The molecule has 0 saturated carbocycles. The minimum Gasteiger partial charge on any atom is -0.382 e. The molecule has 2 aliphatic heterocycles. The highest BCUT2D eigenvalue weighted by Gasteiger charge is 2.33. The van der Waals surface area contributed by atoms with Crippen molar-refractivity contribution in [3.05, 3.63) is 29.8 Å². The number of nitrogens with zero attached hydrogens (tertiary/aromatic N) is 2. The van der Waals surface area contributed by atoms with E-state index in [9.17, 15) is 4.79 Å². The fourth-order valence-electron chi connectivity index (χ4n) is 3.40. The van der Waals surface area contributed by atoms with Gasteiger partial charge in [0, 0.05) is 31.4 Å². The number of likely N-dealkylation sites (N-methyl/N-ethyl adjacent to an activating group) is 1. The summed E-state index contributed by atoms with van der Waals surface area (Å²) in [6.07, 6.45) is 1.93. The van der Waals surface area contributed by atoms with Crippen molar-refractivity contribution >= 4 is 11.6 Å². The number of benzene rings is 1. The third-order valence-electron chi connectivity index (χ3n) is 4.79. The van der Waals surface area contributed by atoms with E-state index in [2.05, 4.69) is 47.3 Å². The van der Waals surface area contributed by atoms with Gasteiger partial charge >= 0.3 is 0 Å². The van der Waals surface area contributed by atoms with Gasteiger partial charge in [0.2, 0.25) is 5.91 Å². The van der Waals surface area contributed by atoms with Crippen molar-refractivity contribution in [1.29, 1.82) is 0 Å². The molecule has 1 aromatic rings. The van der Waals surface area contributed by atoms with Gasteiger partial charge in [0.05, 0.1) is 5.92 Å². The van der Waals surface area contributed by atoms with E-state index in [0.29, 0.717) is 5.91 Å². The minimum absolute atomic E-state index is 0.0586. The Labute approximate surface area is 127 Å². The first-order valence-electron chi connectivity index (χ1n) is 7.97. The molecule has 2 unspecified atom stereocenters. The maximum Gasteiger partial charge on any atom is 0.228 e. The van der Waals surface area contributed by atoms with E-state index in [1.54, 1.807) is 0 Å². The smallest absolute Gasteiger partial charge is 0.228 e. The highest BCUT2D eigenvalue weighted by Crippen LogP contribution is 2.29. The summed E-state index contributed by atoms with van der Waals surface area (Å²) in [6, 6.07) is 8.54. The first kappa shape index (κ1) is 14.4. The lowest BCUT2D eigenvalue weighted by Gasteiger charge is -2.35. The molecule has 0 radical (unpaired) electrons. The number of carbonyl (C=O) groups excluding carboxylic acids is 1. The lowest BCUT2D eigenvalue weighted by molar-refractivity contribution is -0.135. The Morgan fingerprint density at radius 1 is 1.19 bits per heavy atom. The van der Waals surface area contributed by atoms with E-state index >= 15 is 0 Å². The molecule has 21 heavy (non-hydrogen) atoms. The number of anilines is 1. The second kappa shape index (κ2) is 6.06.